The highest BCUT2D eigenvalue weighted by Crippen LogP contribution is 2.36. The number of benzene rings is 1. The van der Waals surface area contributed by atoms with Crippen LogP contribution in [0.2, 0.25) is 0 Å². The van der Waals surface area contributed by atoms with Crippen molar-refractivity contribution in [1.29, 1.82) is 0 Å². The fourth-order valence-corrected chi connectivity index (χ4v) is 3.11. The summed E-state index contributed by atoms with van der Waals surface area (Å²) in [5.41, 5.74) is 0.332. The van der Waals surface area contributed by atoms with E-state index in [1.165, 1.54) is 6.07 Å². The molecule has 0 fully saturated rings. The van der Waals surface area contributed by atoms with Crippen molar-refractivity contribution in [2.24, 2.45) is 0 Å². The van der Waals surface area contributed by atoms with Crippen LogP contribution in [-0.2, 0) is 4.79 Å². The molecule has 0 aliphatic carbocycles. The Balaban J connectivity index is 1.98. The van der Waals surface area contributed by atoms with Crippen molar-refractivity contribution in [3.63, 3.8) is 0 Å². The number of H-pyrrole nitrogens is 1. The minimum absolute atomic E-state index is 0.0811. The molecule has 1 unspecified atom stereocenters. The van der Waals surface area contributed by atoms with E-state index in [-0.39, 0.29) is 23.3 Å². The number of ether oxygens (including phenoxy) is 1. The van der Waals surface area contributed by atoms with Crippen molar-refractivity contribution < 1.29 is 13.9 Å². The SMILES string of the molecule is Cc1cc2c(c(=O)o1)C(c1cc3ccccc3[nH]c1=O)CC(=O)O2. The normalized spacial score (nSPS) is 16.7. The van der Waals surface area contributed by atoms with E-state index in [0.717, 1.165) is 5.39 Å². The molecule has 0 radical (unpaired) electrons. The molecule has 3 aromatic rings. The van der Waals surface area contributed by atoms with E-state index in [0.29, 0.717) is 16.8 Å². The number of rotatable bonds is 1. The van der Waals surface area contributed by atoms with Crippen LogP contribution < -0.4 is 15.9 Å². The molecule has 0 amide bonds. The van der Waals surface area contributed by atoms with Crippen LogP contribution in [0.3, 0.4) is 0 Å². The number of carbonyl (C=O) groups is 1. The van der Waals surface area contributed by atoms with Crippen LogP contribution in [0.25, 0.3) is 10.9 Å². The third kappa shape index (κ3) is 2.23. The maximum Gasteiger partial charge on any atom is 0.343 e. The van der Waals surface area contributed by atoms with E-state index in [1.54, 1.807) is 19.1 Å². The average molecular weight is 323 g/mol. The van der Waals surface area contributed by atoms with E-state index in [2.05, 4.69) is 4.98 Å². The molecule has 0 saturated carbocycles. The van der Waals surface area contributed by atoms with Gasteiger partial charge in [0.15, 0.2) is 0 Å². The van der Waals surface area contributed by atoms with E-state index < -0.39 is 17.5 Å². The number of esters is 1. The first-order valence-corrected chi connectivity index (χ1v) is 7.50. The van der Waals surface area contributed by atoms with Gasteiger partial charge in [0.2, 0.25) is 0 Å². The molecule has 6 heteroatoms. The van der Waals surface area contributed by atoms with Crippen LogP contribution >= 0.6 is 0 Å². The summed E-state index contributed by atoms with van der Waals surface area (Å²) in [6.07, 6.45) is -0.0811. The molecule has 0 spiro atoms. The van der Waals surface area contributed by atoms with Crippen molar-refractivity contribution in [3.05, 3.63) is 74.1 Å². The zero-order chi connectivity index (χ0) is 16.8. The number of nitrogens with one attached hydrogen (secondary N) is 1. The van der Waals surface area contributed by atoms with Gasteiger partial charge < -0.3 is 14.1 Å². The molecule has 24 heavy (non-hydrogen) atoms. The van der Waals surface area contributed by atoms with Crippen LogP contribution in [0, 0.1) is 6.92 Å². The number of pyridine rings is 1. The Bertz CT molecular complexity index is 1090. The summed E-state index contributed by atoms with van der Waals surface area (Å²) < 4.78 is 10.3. The molecule has 120 valence electrons. The van der Waals surface area contributed by atoms with Crippen molar-refractivity contribution in [1.82, 2.24) is 4.98 Å². The number of fused-ring (bicyclic) bond motifs is 2. The van der Waals surface area contributed by atoms with Gasteiger partial charge in [0.1, 0.15) is 11.5 Å². The number of carbonyl (C=O) groups excluding carboxylic acids is 1. The average Bonchev–Trinajstić information content (AvgIpc) is 2.52. The van der Waals surface area contributed by atoms with Gasteiger partial charge in [-0.3, -0.25) is 9.59 Å². The van der Waals surface area contributed by atoms with Gasteiger partial charge in [-0.15, -0.1) is 0 Å². The Hall–Kier alpha value is -3.15. The van der Waals surface area contributed by atoms with E-state index in [9.17, 15) is 14.4 Å². The lowest BCUT2D eigenvalue weighted by Gasteiger charge is -2.23. The highest BCUT2D eigenvalue weighted by molar-refractivity contribution is 5.81. The summed E-state index contributed by atoms with van der Waals surface area (Å²) in [5.74, 6) is -0.659. The Labute approximate surface area is 135 Å². The van der Waals surface area contributed by atoms with Crippen LogP contribution in [0.4, 0.5) is 0 Å². The number of para-hydroxylation sites is 1. The Kier molecular flexibility index (Phi) is 3.13. The standard InChI is InChI=1S/C18H13NO5/c1-9-6-14-16(18(22)23-9)11(8-15(20)24-14)12-7-10-4-2-3-5-13(10)19-17(12)21/h2-7,11H,8H2,1H3,(H,19,21). The highest BCUT2D eigenvalue weighted by atomic mass is 16.5. The van der Waals surface area contributed by atoms with E-state index >= 15 is 0 Å². The molecule has 4 rings (SSSR count). The third-order valence-corrected chi connectivity index (χ3v) is 4.17. The molecule has 3 heterocycles. The second-order valence-electron chi connectivity index (χ2n) is 5.79. The molecular formula is C18H13NO5. The molecule has 2 aromatic heterocycles. The Morgan fingerprint density at radius 2 is 1.92 bits per heavy atom. The molecule has 1 aliphatic rings. The predicted octanol–water partition coefficient (Wildman–Crippen LogP) is 2.23. The number of hydrogen-bond acceptors (Lipinski definition) is 5. The summed E-state index contributed by atoms with van der Waals surface area (Å²) in [7, 11) is 0. The van der Waals surface area contributed by atoms with Gasteiger partial charge in [0, 0.05) is 23.1 Å². The lowest BCUT2D eigenvalue weighted by Crippen LogP contribution is -2.30. The summed E-state index contributed by atoms with van der Waals surface area (Å²) in [5, 5.41) is 0.823. The van der Waals surface area contributed by atoms with Gasteiger partial charge in [-0.25, -0.2) is 4.79 Å². The van der Waals surface area contributed by atoms with Crippen molar-refractivity contribution in [2.75, 3.05) is 0 Å². The largest absolute Gasteiger partial charge is 0.428 e. The first-order chi connectivity index (χ1) is 11.5. The third-order valence-electron chi connectivity index (χ3n) is 4.17. The highest BCUT2D eigenvalue weighted by Gasteiger charge is 2.33. The van der Waals surface area contributed by atoms with Crippen LogP contribution in [0.1, 0.15) is 29.2 Å². The summed E-state index contributed by atoms with van der Waals surface area (Å²) in [4.78, 5) is 39.5. The number of aryl methyl sites for hydroxylation is 1. The van der Waals surface area contributed by atoms with Gasteiger partial charge >= 0.3 is 11.6 Å². The number of aromatic nitrogens is 1. The fraction of sp³-hybridized carbons (Fsp3) is 0.167. The van der Waals surface area contributed by atoms with Gasteiger partial charge in [-0.05, 0) is 24.4 Å². The lowest BCUT2D eigenvalue weighted by atomic mass is 9.87. The minimum atomic E-state index is -0.688. The predicted molar refractivity (Wildman–Crippen MR) is 86.4 cm³/mol. The summed E-state index contributed by atoms with van der Waals surface area (Å²) in [6.45, 7) is 1.60. The lowest BCUT2D eigenvalue weighted by molar-refractivity contribution is -0.135. The monoisotopic (exact) mass is 323 g/mol. The van der Waals surface area contributed by atoms with Crippen molar-refractivity contribution in [3.8, 4) is 5.75 Å². The zero-order valence-corrected chi connectivity index (χ0v) is 12.8. The van der Waals surface area contributed by atoms with Gasteiger partial charge in [0.05, 0.1) is 12.0 Å². The number of aromatic amines is 1. The van der Waals surface area contributed by atoms with Gasteiger partial charge in [-0.1, -0.05) is 18.2 Å². The molecule has 0 bridgehead atoms. The van der Waals surface area contributed by atoms with Gasteiger partial charge in [0.25, 0.3) is 5.56 Å². The summed E-state index contributed by atoms with van der Waals surface area (Å²) >= 11 is 0. The molecular weight excluding hydrogens is 310 g/mol. The Morgan fingerprint density at radius 3 is 2.75 bits per heavy atom. The molecule has 1 N–H and O–H groups in total. The first-order valence-electron chi connectivity index (χ1n) is 7.50. The Morgan fingerprint density at radius 1 is 1.12 bits per heavy atom. The van der Waals surface area contributed by atoms with Crippen LogP contribution in [0.5, 0.6) is 5.75 Å². The van der Waals surface area contributed by atoms with Crippen LogP contribution in [0.15, 0.2) is 50.4 Å². The summed E-state index contributed by atoms with van der Waals surface area (Å²) in [6, 6.07) is 10.5. The van der Waals surface area contributed by atoms with Gasteiger partial charge in [-0.2, -0.15) is 0 Å². The molecule has 1 aromatic carbocycles. The maximum atomic E-state index is 12.5. The minimum Gasteiger partial charge on any atom is -0.428 e. The second-order valence-corrected chi connectivity index (χ2v) is 5.79. The molecule has 0 saturated heterocycles. The maximum absolute atomic E-state index is 12.5. The fourth-order valence-electron chi connectivity index (χ4n) is 3.11. The van der Waals surface area contributed by atoms with Crippen molar-refractivity contribution >= 4 is 16.9 Å². The second kappa shape index (κ2) is 5.19. The number of hydrogen-bond donors (Lipinski definition) is 1. The topological polar surface area (TPSA) is 89.4 Å². The smallest absolute Gasteiger partial charge is 0.343 e. The molecule has 1 atom stereocenters. The molecule has 6 nitrogen and oxygen atoms in total. The van der Waals surface area contributed by atoms with E-state index in [4.69, 9.17) is 9.15 Å². The molecule has 1 aliphatic heterocycles. The van der Waals surface area contributed by atoms with Crippen LogP contribution in [-0.4, -0.2) is 11.0 Å². The quantitative estimate of drug-likeness (QED) is 0.694. The first kappa shape index (κ1) is 14.4. The zero-order valence-electron chi connectivity index (χ0n) is 12.8. The van der Waals surface area contributed by atoms with Crippen molar-refractivity contribution in [2.45, 2.75) is 19.3 Å². The van der Waals surface area contributed by atoms with E-state index in [1.807, 2.05) is 18.2 Å².